The highest BCUT2D eigenvalue weighted by atomic mass is 32.2. The number of nitrogens with zero attached hydrogens (tertiary/aromatic N) is 3. The molecule has 90 valence electrons. The average molecular weight is 240 g/mol. The second-order valence-electron chi connectivity index (χ2n) is 4.12. The number of thioether (sulfide) groups is 1. The van der Waals surface area contributed by atoms with Crippen LogP contribution in [-0.4, -0.2) is 36.9 Å². The molecule has 1 N–H and O–H groups in total. The summed E-state index contributed by atoms with van der Waals surface area (Å²) in [6, 6.07) is 1.97. The maximum atomic E-state index is 4.49. The summed E-state index contributed by atoms with van der Waals surface area (Å²) in [5, 5.41) is 3.86. The van der Waals surface area contributed by atoms with Crippen LogP contribution in [0.2, 0.25) is 0 Å². The van der Waals surface area contributed by atoms with Gasteiger partial charge in [0.2, 0.25) is 0 Å². The molecule has 1 aromatic rings. The summed E-state index contributed by atoms with van der Waals surface area (Å²) in [5.41, 5.74) is 0. The first-order valence-corrected chi connectivity index (χ1v) is 6.61. The van der Waals surface area contributed by atoms with E-state index in [4.69, 9.17) is 0 Å². The van der Waals surface area contributed by atoms with Crippen molar-refractivity contribution in [1.29, 1.82) is 0 Å². The van der Waals surface area contributed by atoms with E-state index in [-0.39, 0.29) is 0 Å². The monoisotopic (exact) mass is 240 g/mol. The lowest BCUT2D eigenvalue weighted by atomic mass is 10.2. The van der Waals surface area contributed by atoms with E-state index in [0.29, 0.717) is 5.92 Å². The number of rotatable bonds is 5. The van der Waals surface area contributed by atoms with E-state index in [9.17, 15) is 0 Å². The Morgan fingerprint density at radius 3 is 2.62 bits per heavy atom. The number of aromatic nitrogens is 2. The number of hydrogen-bond donors (Lipinski definition) is 1. The van der Waals surface area contributed by atoms with Crippen LogP contribution in [0, 0.1) is 5.92 Å². The number of anilines is 2. The molecule has 4 nitrogen and oxygen atoms in total. The van der Waals surface area contributed by atoms with Crippen LogP contribution in [0.1, 0.15) is 13.8 Å². The van der Waals surface area contributed by atoms with Crippen molar-refractivity contribution in [3.63, 3.8) is 0 Å². The van der Waals surface area contributed by atoms with Crippen molar-refractivity contribution in [2.45, 2.75) is 19.0 Å². The smallest absolute Gasteiger partial charge is 0.191 e. The average Bonchev–Trinajstić information content (AvgIpc) is 2.27. The molecule has 0 fully saturated rings. The molecule has 16 heavy (non-hydrogen) atoms. The summed E-state index contributed by atoms with van der Waals surface area (Å²) in [6.45, 7) is 5.40. The van der Waals surface area contributed by atoms with Gasteiger partial charge in [0, 0.05) is 26.7 Å². The Labute approximate surface area is 102 Å². The Balaban J connectivity index is 2.93. The molecule has 0 aliphatic rings. The molecular formula is C11H20N4S. The molecule has 1 rings (SSSR count). The molecule has 0 saturated heterocycles. The first kappa shape index (κ1) is 13.1. The van der Waals surface area contributed by atoms with Gasteiger partial charge in [0.25, 0.3) is 0 Å². The van der Waals surface area contributed by atoms with Crippen molar-refractivity contribution in [2.24, 2.45) is 5.92 Å². The van der Waals surface area contributed by atoms with Crippen LogP contribution in [0.3, 0.4) is 0 Å². The van der Waals surface area contributed by atoms with Gasteiger partial charge in [-0.2, -0.15) is 0 Å². The van der Waals surface area contributed by atoms with E-state index in [2.05, 4.69) is 41.1 Å². The standard InChI is InChI=1S/C11H20N4S/c1-8(2)7-15(4)10-6-9(12-3)13-11(14-10)16-5/h6,8H,7H2,1-5H3,(H,12,13,14). The van der Waals surface area contributed by atoms with E-state index in [1.807, 2.05) is 19.4 Å². The molecule has 0 radical (unpaired) electrons. The SMILES string of the molecule is CNc1cc(N(C)CC(C)C)nc(SC)n1. The second-order valence-corrected chi connectivity index (χ2v) is 4.90. The molecule has 0 aliphatic heterocycles. The van der Waals surface area contributed by atoms with Gasteiger partial charge in [0.05, 0.1) is 0 Å². The molecule has 1 aromatic heterocycles. The summed E-state index contributed by atoms with van der Waals surface area (Å²) >= 11 is 1.56. The fourth-order valence-corrected chi connectivity index (χ4v) is 1.84. The van der Waals surface area contributed by atoms with Gasteiger partial charge in [-0.25, -0.2) is 9.97 Å². The van der Waals surface area contributed by atoms with Gasteiger partial charge >= 0.3 is 0 Å². The van der Waals surface area contributed by atoms with Gasteiger partial charge in [0.1, 0.15) is 11.6 Å². The molecule has 0 saturated carbocycles. The highest BCUT2D eigenvalue weighted by Crippen LogP contribution is 2.19. The maximum Gasteiger partial charge on any atom is 0.191 e. The van der Waals surface area contributed by atoms with Crippen LogP contribution in [0.15, 0.2) is 11.2 Å². The lowest BCUT2D eigenvalue weighted by molar-refractivity contribution is 0.632. The van der Waals surface area contributed by atoms with Crippen LogP contribution in [-0.2, 0) is 0 Å². The minimum Gasteiger partial charge on any atom is -0.373 e. The predicted octanol–water partition coefficient (Wildman–Crippen LogP) is 2.33. The van der Waals surface area contributed by atoms with Crippen LogP contribution >= 0.6 is 11.8 Å². The lowest BCUT2D eigenvalue weighted by Gasteiger charge is -2.21. The molecule has 0 atom stereocenters. The molecule has 0 aliphatic carbocycles. The zero-order chi connectivity index (χ0) is 12.1. The topological polar surface area (TPSA) is 41.0 Å². The summed E-state index contributed by atoms with van der Waals surface area (Å²) in [5.74, 6) is 2.46. The normalized spacial score (nSPS) is 10.6. The summed E-state index contributed by atoms with van der Waals surface area (Å²) in [7, 11) is 3.94. The van der Waals surface area contributed by atoms with Crippen molar-refractivity contribution in [2.75, 3.05) is 37.1 Å². The van der Waals surface area contributed by atoms with Crippen LogP contribution in [0.4, 0.5) is 11.6 Å². The third-order valence-electron chi connectivity index (χ3n) is 2.16. The Kier molecular flexibility index (Phi) is 4.86. The van der Waals surface area contributed by atoms with Gasteiger partial charge in [0.15, 0.2) is 5.16 Å². The maximum absolute atomic E-state index is 4.49. The Morgan fingerprint density at radius 1 is 1.44 bits per heavy atom. The Bertz CT molecular complexity index is 319. The zero-order valence-electron chi connectivity index (χ0n) is 10.6. The quantitative estimate of drug-likeness (QED) is 0.632. The molecule has 1 heterocycles. The highest BCUT2D eigenvalue weighted by Gasteiger charge is 2.08. The van der Waals surface area contributed by atoms with E-state index in [0.717, 1.165) is 23.3 Å². The van der Waals surface area contributed by atoms with Crippen molar-refractivity contribution in [1.82, 2.24) is 9.97 Å². The number of nitrogens with one attached hydrogen (secondary N) is 1. The van der Waals surface area contributed by atoms with Gasteiger partial charge in [-0.3, -0.25) is 0 Å². The summed E-state index contributed by atoms with van der Waals surface area (Å²) < 4.78 is 0. The fraction of sp³-hybridized carbons (Fsp3) is 0.636. The first-order chi connectivity index (χ1) is 7.56. The molecule has 0 unspecified atom stereocenters. The second kappa shape index (κ2) is 5.94. The highest BCUT2D eigenvalue weighted by molar-refractivity contribution is 7.98. The minimum absolute atomic E-state index is 0.621. The van der Waals surface area contributed by atoms with Crippen LogP contribution in [0.25, 0.3) is 0 Å². The number of hydrogen-bond acceptors (Lipinski definition) is 5. The summed E-state index contributed by atoms with van der Waals surface area (Å²) in [4.78, 5) is 11.0. The van der Waals surface area contributed by atoms with Crippen molar-refractivity contribution in [3.05, 3.63) is 6.07 Å². The van der Waals surface area contributed by atoms with Gasteiger partial charge < -0.3 is 10.2 Å². The van der Waals surface area contributed by atoms with Crippen LogP contribution in [0.5, 0.6) is 0 Å². The molecule has 5 heteroatoms. The van der Waals surface area contributed by atoms with Crippen LogP contribution < -0.4 is 10.2 Å². The fourth-order valence-electron chi connectivity index (χ4n) is 1.47. The molecule has 0 aromatic carbocycles. The molecular weight excluding hydrogens is 220 g/mol. The largest absolute Gasteiger partial charge is 0.373 e. The first-order valence-electron chi connectivity index (χ1n) is 5.38. The van der Waals surface area contributed by atoms with Gasteiger partial charge in [-0.1, -0.05) is 25.6 Å². The predicted molar refractivity (Wildman–Crippen MR) is 71.5 cm³/mol. The van der Waals surface area contributed by atoms with Gasteiger partial charge in [-0.15, -0.1) is 0 Å². The van der Waals surface area contributed by atoms with Crippen molar-refractivity contribution >= 4 is 23.4 Å². The minimum atomic E-state index is 0.621. The third-order valence-corrected chi connectivity index (χ3v) is 2.71. The lowest BCUT2D eigenvalue weighted by Crippen LogP contribution is -2.23. The van der Waals surface area contributed by atoms with E-state index < -0.39 is 0 Å². The molecule has 0 amide bonds. The molecule has 0 spiro atoms. The van der Waals surface area contributed by atoms with Crippen molar-refractivity contribution in [3.8, 4) is 0 Å². The van der Waals surface area contributed by atoms with E-state index in [1.54, 1.807) is 11.8 Å². The molecule has 0 bridgehead atoms. The Hall–Kier alpha value is -0.970. The third kappa shape index (κ3) is 3.56. The zero-order valence-corrected chi connectivity index (χ0v) is 11.4. The van der Waals surface area contributed by atoms with E-state index in [1.165, 1.54) is 0 Å². The van der Waals surface area contributed by atoms with E-state index >= 15 is 0 Å². The van der Waals surface area contributed by atoms with Gasteiger partial charge in [-0.05, 0) is 12.2 Å². The van der Waals surface area contributed by atoms with Crippen molar-refractivity contribution < 1.29 is 0 Å². The Morgan fingerprint density at radius 2 is 2.12 bits per heavy atom. The summed E-state index contributed by atoms with van der Waals surface area (Å²) in [6.07, 6.45) is 1.99.